The number of benzene rings is 1. The Morgan fingerprint density at radius 1 is 1.11 bits per heavy atom. The fourth-order valence-corrected chi connectivity index (χ4v) is 3.11. The third-order valence-corrected chi connectivity index (χ3v) is 4.61. The van der Waals surface area contributed by atoms with Gasteiger partial charge in [0.25, 0.3) is 0 Å². The summed E-state index contributed by atoms with van der Waals surface area (Å²) in [7, 11) is 0. The van der Waals surface area contributed by atoms with Gasteiger partial charge in [-0.1, -0.05) is 44.4 Å². The first-order valence-electron chi connectivity index (χ1n) is 7.11. The predicted molar refractivity (Wildman–Crippen MR) is 75.8 cm³/mol. The van der Waals surface area contributed by atoms with Gasteiger partial charge in [0.1, 0.15) is 5.78 Å². The van der Waals surface area contributed by atoms with Crippen LogP contribution in [-0.4, -0.2) is 5.78 Å². The molecule has 1 saturated carbocycles. The van der Waals surface area contributed by atoms with Crippen LogP contribution in [0.3, 0.4) is 0 Å². The number of hydrogen-bond acceptors (Lipinski definition) is 1. The highest BCUT2D eigenvalue weighted by molar-refractivity contribution is 5.87. The molecule has 0 N–H and O–H groups in total. The molecule has 0 heterocycles. The van der Waals surface area contributed by atoms with Gasteiger partial charge in [-0.15, -0.1) is 0 Å². The van der Waals surface area contributed by atoms with Crippen molar-refractivity contribution in [3.8, 4) is 0 Å². The fourth-order valence-electron chi connectivity index (χ4n) is 3.11. The van der Waals surface area contributed by atoms with Gasteiger partial charge in [-0.2, -0.15) is 0 Å². The van der Waals surface area contributed by atoms with Crippen molar-refractivity contribution < 1.29 is 4.79 Å². The first-order valence-corrected chi connectivity index (χ1v) is 7.11. The molecule has 0 unspecified atom stereocenters. The van der Waals surface area contributed by atoms with Crippen LogP contribution in [0.2, 0.25) is 0 Å². The number of hydrogen-bond donors (Lipinski definition) is 0. The summed E-state index contributed by atoms with van der Waals surface area (Å²) in [6, 6.07) is 6.29. The normalized spacial score (nSPS) is 18.6. The van der Waals surface area contributed by atoms with Crippen molar-refractivity contribution in [3.63, 3.8) is 0 Å². The van der Waals surface area contributed by atoms with E-state index in [0.717, 1.165) is 12.8 Å². The Balaban J connectivity index is 2.16. The largest absolute Gasteiger partial charge is 0.299 e. The average molecular weight is 244 g/mol. The number of rotatable bonds is 3. The molecule has 0 saturated heterocycles. The van der Waals surface area contributed by atoms with Crippen LogP contribution in [0.1, 0.15) is 55.7 Å². The maximum Gasteiger partial charge on any atom is 0.143 e. The van der Waals surface area contributed by atoms with Crippen molar-refractivity contribution >= 4 is 5.78 Å². The number of carbonyl (C=O) groups is 1. The summed E-state index contributed by atoms with van der Waals surface area (Å²) in [5.74, 6) is 0.444. The van der Waals surface area contributed by atoms with Crippen molar-refractivity contribution in [2.24, 2.45) is 5.41 Å². The van der Waals surface area contributed by atoms with E-state index in [1.165, 1.54) is 36.0 Å². The van der Waals surface area contributed by atoms with Gasteiger partial charge in [0.15, 0.2) is 0 Å². The summed E-state index contributed by atoms with van der Waals surface area (Å²) >= 11 is 0. The molecule has 0 aromatic heterocycles. The van der Waals surface area contributed by atoms with Crippen LogP contribution >= 0.6 is 0 Å². The summed E-state index contributed by atoms with van der Waals surface area (Å²) in [6.45, 7) is 6.39. The summed E-state index contributed by atoms with van der Waals surface area (Å²) in [5, 5.41) is 0. The molecule has 1 nitrogen and oxygen atoms in total. The zero-order valence-corrected chi connectivity index (χ0v) is 11.9. The van der Waals surface area contributed by atoms with Gasteiger partial charge in [0.2, 0.25) is 0 Å². The fraction of sp³-hybridized carbons (Fsp3) is 0.588. The first-order chi connectivity index (χ1) is 8.53. The molecule has 18 heavy (non-hydrogen) atoms. The molecule has 98 valence electrons. The van der Waals surface area contributed by atoms with E-state index < -0.39 is 0 Å². The van der Waals surface area contributed by atoms with Crippen LogP contribution in [-0.2, 0) is 11.2 Å². The Bertz CT molecular complexity index is 419. The van der Waals surface area contributed by atoms with Crippen molar-refractivity contribution in [1.82, 2.24) is 0 Å². The Labute approximate surface area is 111 Å². The number of ketones is 1. The van der Waals surface area contributed by atoms with Crippen molar-refractivity contribution in [2.75, 3.05) is 0 Å². The van der Waals surface area contributed by atoms with Gasteiger partial charge < -0.3 is 0 Å². The van der Waals surface area contributed by atoms with Crippen LogP contribution in [0.25, 0.3) is 0 Å². The zero-order chi connectivity index (χ0) is 13.2. The lowest BCUT2D eigenvalue weighted by Crippen LogP contribution is -2.31. The Hall–Kier alpha value is -1.11. The topological polar surface area (TPSA) is 17.1 Å². The van der Waals surface area contributed by atoms with E-state index >= 15 is 0 Å². The summed E-state index contributed by atoms with van der Waals surface area (Å²) in [4.78, 5) is 12.6. The predicted octanol–water partition coefficient (Wildman–Crippen LogP) is 4.39. The Morgan fingerprint density at radius 3 is 2.22 bits per heavy atom. The summed E-state index contributed by atoms with van der Waals surface area (Å²) in [5.41, 5.74) is 3.69. The number of carbonyl (C=O) groups excluding carboxylic acids is 1. The second-order valence-corrected chi connectivity index (χ2v) is 6.09. The first kappa shape index (κ1) is 13.3. The molecule has 1 aliphatic carbocycles. The van der Waals surface area contributed by atoms with E-state index in [9.17, 15) is 4.79 Å². The van der Waals surface area contributed by atoms with Gasteiger partial charge in [-0.05, 0) is 43.4 Å². The monoisotopic (exact) mass is 244 g/mol. The molecule has 2 rings (SSSR count). The van der Waals surface area contributed by atoms with Crippen molar-refractivity contribution in [2.45, 2.75) is 59.3 Å². The maximum atomic E-state index is 12.6. The number of Topliss-reactive ketones (excluding diaryl/α,β-unsaturated/α-hetero) is 1. The van der Waals surface area contributed by atoms with Crippen LogP contribution < -0.4 is 0 Å². The van der Waals surface area contributed by atoms with Crippen molar-refractivity contribution in [1.29, 1.82) is 0 Å². The highest BCUT2D eigenvalue weighted by Gasteiger charge is 2.34. The molecule has 0 bridgehead atoms. The molecule has 0 atom stereocenters. The van der Waals surface area contributed by atoms with Crippen LogP contribution in [0.4, 0.5) is 0 Å². The van der Waals surface area contributed by atoms with E-state index in [-0.39, 0.29) is 5.41 Å². The van der Waals surface area contributed by atoms with Gasteiger partial charge in [-0.3, -0.25) is 4.79 Å². The quantitative estimate of drug-likeness (QED) is 0.771. The average Bonchev–Trinajstić information content (AvgIpc) is 2.34. The molecular formula is C17H24O. The van der Waals surface area contributed by atoms with Gasteiger partial charge in [-0.25, -0.2) is 0 Å². The van der Waals surface area contributed by atoms with Gasteiger partial charge in [0.05, 0.1) is 0 Å². The SMILES string of the molecule is Cc1cccc(C)c1CC(=O)C1(C)CCCCC1. The lowest BCUT2D eigenvalue weighted by molar-refractivity contribution is -0.128. The molecule has 0 spiro atoms. The summed E-state index contributed by atoms with van der Waals surface area (Å²) < 4.78 is 0. The van der Waals surface area contributed by atoms with Crippen molar-refractivity contribution in [3.05, 3.63) is 34.9 Å². The molecular weight excluding hydrogens is 220 g/mol. The molecule has 1 aliphatic rings. The lowest BCUT2D eigenvalue weighted by atomic mass is 9.71. The molecule has 1 aromatic rings. The van der Waals surface area contributed by atoms with E-state index in [2.05, 4.69) is 39.0 Å². The smallest absolute Gasteiger partial charge is 0.143 e. The maximum absolute atomic E-state index is 12.6. The minimum atomic E-state index is -0.0625. The van der Waals surface area contributed by atoms with Gasteiger partial charge in [0, 0.05) is 11.8 Å². The Kier molecular flexibility index (Phi) is 3.89. The van der Waals surface area contributed by atoms with E-state index in [1.54, 1.807) is 0 Å². The highest BCUT2D eigenvalue weighted by atomic mass is 16.1. The zero-order valence-electron chi connectivity index (χ0n) is 11.9. The minimum Gasteiger partial charge on any atom is -0.299 e. The third-order valence-electron chi connectivity index (χ3n) is 4.61. The molecule has 1 fully saturated rings. The van der Waals surface area contributed by atoms with E-state index in [4.69, 9.17) is 0 Å². The molecule has 1 heteroatoms. The molecule has 0 amide bonds. The minimum absolute atomic E-state index is 0.0625. The Morgan fingerprint density at radius 2 is 1.67 bits per heavy atom. The van der Waals surface area contributed by atoms with E-state index in [1.807, 2.05) is 0 Å². The second kappa shape index (κ2) is 5.26. The molecule has 1 aromatic carbocycles. The molecule has 0 radical (unpaired) electrons. The van der Waals surface area contributed by atoms with E-state index in [0.29, 0.717) is 12.2 Å². The second-order valence-electron chi connectivity index (χ2n) is 6.09. The van der Waals surface area contributed by atoms with Gasteiger partial charge >= 0.3 is 0 Å². The van der Waals surface area contributed by atoms with Crippen LogP contribution in [0.15, 0.2) is 18.2 Å². The standard InChI is InChI=1S/C17H24O/c1-13-8-7-9-14(2)15(13)12-16(18)17(3)10-5-4-6-11-17/h7-9H,4-6,10-12H2,1-3H3. The third kappa shape index (κ3) is 2.66. The van der Waals surface area contributed by atoms with Crippen LogP contribution in [0.5, 0.6) is 0 Å². The highest BCUT2D eigenvalue weighted by Crippen LogP contribution is 2.37. The lowest BCUT2D eigenvalue weighted by Gasteiger charge is -2.32. The summed E-state index contributed by atoms with van der Waals surface area (Å²) in [6.07, 6.45) is 6.51. The molecule has 0 aliphatic heterocycles. The number of aryl methyl sites for hydroxylation is 2. The van der Waals surface area contributed by atoms with Crippen LogP contribution in [0, 0.1) is 19.3 Å².